The van der Waals surface area contributed by atoms with Gasteiger partial charge in [0.05, 0.1) is 0 Å². The largest absolute Gasteiger partial charge is 0.339 e. The van der Waals surface area contributed by atoms with Crippen molar-refractivity contribution < 1.29 is 9.32 Å². The molecule has 1 aliphatic rings. The van der Waals surface area contributed by atoms with Crippen LogP contribution in [-0.2, 0) is 6.54 Å². The van der Waals surface area contributed by atoms with E-state index in [1.54, 1.807) is 4.90 Å². The molecule has 8 nitrogen and oxygen atoms in total. The first kappa shape index (κ1) is 17.3. The van der Waals surface area contributed by atoms with E-state index in [1.807, 2.05) is 20.8 Å². The van der Waals surface area contributed by atoms with E-state index >= 15 is 0 Å². The van der Waals surface area contributed by atoms with Crippen molar-refractivity contribution in [3.63, 3.8) is 0 Å². The third kappa shape index (κ3) is 3.62. The molecule has 0 spiro atoms. The van der Waals surface area contributed by atoms with Crippen molar-refractivity contribution in [2.24, 2.45) is 0 Å². The Kier molecular flexibility index (Phi) is 4.96. The molecule has 0 aromatic carbocycles. The minimum absolute atomic E-state index is 0.0611. The van der Waals surface area contributed by atoms with Gasteiger partial charge in [-0.3, -0.25) is 9.59 Å². The summed E-state index contributed by atoms with van der Waals surface area (Å²) in [4.78, 5) is 30.6. The van der Waals surface area contributed by atoms with Crippen LogP contribution in [0.25, 0.3) is 0 Å². The highest BCUT2D eigenvalue weighted by Crippen LogP contribution is 2.26. The summed E-state index contributed by atoms with van der Waals surface area (Å²) in [6.07, 6.45) is 1.79. The molecule has 1 saturated heterocycles. The highest BCUT2D eigenvalue weighted by Gasteiger charge is 2.29. The maximum Gasteiger partial charge on any atom is 0.274 e. The number of piperidine rings is 1. The van der Waals surface area contributed by atoms with Gasteiger partial charge in [-0.1, -0.05) is 19.0 Å². The molecular weight excluding hydrogens is 322 g/mol. The summed E-state index contributed by atoms with van der Waals surface area (Å²) < 4.78 is 6.58. The topological polar surface area (TPSA) is 94.1 Å². The summed E-state index contributed by atoms with van der Waals surface area (Å²) in [5, 5.41) is 8.24. The van der Waals surface area contributed by atoms with Gasteiger partial charge in [-0.2, -0.15) is 10.1 Å². The van der Waals surface area contributed by atoms with Gasteiger partial charge in [0.2, 0.25) is 5.89 Å². The second-order valence-corrected chi connectivity index (χ2v) is 6.61. The van der Waals surface area contributed by atoms with Gasteiger partial charge in [0.1, 0.15) is 5.69 Å². The molecule has 0 aliphatic carbocycles. The second-order valence-electron chi connectivity index (χ2n) is 6.61. The molecule has 1 atom stereocenters. The number of carbonyl (C=O) groups is 1. The Morgan fingerprint density at radius 3 is 2.88 bits per heavy atom. The van der Waals surface area contributed by atoms with Crippen molar-refractivity contribution in [3.05, 3.63) is 39.9 Å². The van der Waals surface area contributed by atoms with Crippen LogP contribution >= 0.6 is 0 Å². The van der Waals surface area contributed by atoms with Crippen LogP contribution in [0.15, 0.2) is 21.5 Å². The van der Waals surface area contributed by atoms with Gasteiger partial charge in [-0.25, -0.2) is 4.68 Å². The molecule has 0 N–H and O–H groups in total. The fraction of sp³-hybridized carbons (Fsp3) is 0.588. The Balaban J connectivity index is 1.76. The Morgan fingerprint density at radius 2 is 2.20 bits per heavy atom. The monoisotopic (exact) mass is 345 g/mol. The van der Waals surface area contributed by atoms with E-state index in [4.69, 9.17) is 4.52 Å². The normalized spacial score (nSPS) is 17.9. The van der Waals surface area contributed by atoms with Gasteiger partial charge in [0.25, 0.3) is 11.5 Å². The molecule has 1 aliphatic heterocycles. The average Bonchev–Trinajstić information content (AvgIpc) is 3.12. The Hall–Kier alpha value is -2.51. The lowest BCUT2D eigenvalue weighted by molar-refractivity contribution is 0.0694. The predicted octanol–water partition coefficient (Wildman–Crippen LogP) is 1.79. The highest BCUT2D eigenvalue weighted by molar-refractivity contribution is 5.92. The van der Waals surface area contributed by atoms with Crippen LogP contribution in [0.3, 0.4) is 0 Å². The number of aromatic nitrogens is 4. The molecule has 2 aromatic rings. The number of carbonyl (C=O) groups excluding carboxylic acids is 1. The van der Waals surface area contributed by atoms with Crippen LogP contribution in [0.1, 0.15) is 67.7 Å². The van der Waals surface area contributed by atoms with Crippen LogP contribution in [-0.4, -0.2) is 43.8 Å². The summed E-state index contributed by atoms with van der Waals surface area (Å²) in [6.45, 7) is 7.45. The molecule has 25 heavy (non-hydrogen) atoms. The van der Waals surface area contributed by atoms with Crippen LogP contribution in [0.2, 0.25) is 0 Å². The van der Waals surface area contributed by atoms with E-state index in [1.165, 1.54) is 16.8 Å². The second kappa shape index (κ2) is 7.16. The van der Waals surface area contributed by atoms with E-state index in [2.05, 4.69) is 15.2 Å². The molecule has 3 heterocycles. The minimum atomic E-state index is -0.205. The fourth-order valence-electron chi connectivity index (χ4n) is 2.97. The molecular formula is C17H23N5O3. The van der Waals surface area contributed by atoms with E-state index in [0.29, 0.717) is 31.3 Å². The third-order valence-corrected chi connectivity index (χ3v) is 4.41. The first-order chi connectivity index (χ1) is 12.0. The smallest absolute Gasteiger partial charge is 0.274 e. The van der Waals surface area contributed by atoms with Crippen molar-refractivity contribution in [2.45, 2.75) is 52.0 Å². The molecule has 0 radical (unpaired) electrons. The third-order valence-electron chi connectivity index (χ3n) is 4.41. The number of hydrogen-bond donors (Lipinski definition) is 0. The quantitative estimate of drug-likeness (QED) is 0.838. The molecule has 134 valence electrons. The summed E-state index contributed by atoms with van der Waals surface area (Å²) >= 11 is 0. The SMILES string of the molecule is CCn1nc(C(=O)N2CCCC(c3noc(C(C)C)n3)C2)ccc1=O. The summed E-state index contributed by atoms with van der Waals surface area (Å²) in [5.74, 6) is 1.36. The Bertz CT molecular complexity index is 811. The average molecular weight is 345 g/mol. The van der Waals surface area contributed by atoms with Crippen molar-refractivity contribution in [2.75, 3.05) is 13.1 Å². The van der Waals surface area contributed by atoms with E-state index < -0.39 is 0 Å². The van der Waals surface area contributed by atoms with Gasteiger partial charge in [-0.05, 0) is 25.8 Å². The zero-order chi connectivity index (χ0) is 18.0. The predicted molar refractivity (Wildman–Crippen MR) is 90.4 cm³/mol. The van der Waals surface area contributed by atoms with Gasteiger partial charge in [0.15, 0.2) is 5.82 Å². The van der Waals surface area contributed by atoms with Gasteiger partial charge < -0.3 is 9.42 Å². The summed E-state index contributed by atoms with van der Waals surface area (Å²) in [7, 11) is 0. The molecule has 8 heteroatoms. The standard InChI is InChI=1S/C17H23N5O3/c1-4-22-14(23)8-7-13(19-22)17(24)21-9-5-6-12(10-21)15-18-16(11(2)3)25-20-15/h7-8,11-12H,4-6,9-10H2,1-3H3. The van der Waals surface area contributed by atoms with Crippen molar-refractivity contribution in [3.8, 4) is 0 Å². The summed E-state index contributed by atoms with van der Waals surface area (Å²) in [5.41, 5.74) is 0.0849. The van der Waals surface area contributed by atoms with Gasteiger partial charge in [0, 0.05) is 37.5 Å². The first-order valence-electron chi connectivity index (χ1n) is 8.70. The Labute approximate surface area is 145 Å². The maximum absolute atomic E-state index is 12.8. The Morgan fingerprint density at radius 1 is 1.40 bits per heavy atom. The van der Waals surface area contributed by atoms with Crippen molar-refractivity contribution in [1.29, 1.82) is 0 Å². The van der Waals surface area contributed by atoms with E-state index in [0.717, 1.165) is 12.8 Å². The van der Waals surface area contributed by atoms with E-state index in [9.17, 15) is 9.59 Å². The molecule has 2 aromatic heterocycles. The van der Waals surface area contributed by atoms with Crippen LogP contribution in [0.4, 0.5) is 0 Å². The molecule has 0 bridgehead atoms. The number of nitrogens with zero attached hydrogens (tertiary/aromatic N) is 5. The molecule has 1 amide bonds. The first-order valence-corrected chi connectivity index (χ1v) is 8.70. The number of likely N-dealkylation sites (tertiary alicyclic amines) is 1. The lowest BCUT2D eigenvalue weighted by Crippen LogP contribution is -2.40. The summed E-state index contributed by atoms with van der Waals surface area (Å²) in [6, 6.07) is 2.88. The molecule has 1 unspecified atom stereocenters. The maximum atomic E-state index is 12.8. The van der Waals surface area contributed by atoms with Crippen molar-refractivity contribution in [1.82, 2.24) is 24.8 Å². The van der Waals surface area contributed by atoms with Gasteiger partial charge in [-0.15, -0.1) is 0 Å². The van der Waals surface area contributed by atoms with Gasteiger partial charge >= 0.3 is 0 Å². The number of amides is 1. The molecule has 3 rings (SSSR count). The van der Waals surface area contributed by atoms with E-state index in [-0.39, 0.29) is 29.0 Å². The number of aryl methyl sites for hydroxylation is 1. The number of rotatable bonds is 4. The zero-order valence-corrected chi connectivity index (χ0v) is 14.8. The zero-order valence-electron chi connectivity index (χ0n) is 14.8. The van der Waals surface area contributed by atoms with Crippen LogP contribution in [0, 0.1) is 0 Å². The number of hydrogen-bond acceptors (Lipinski definition) is 6. The minimum Gasteiger partial charge on any atom is -0.339 e. The lowest BCUT2D eigenvalue weighted by atomic mass is 9.97. The fourth-order valence-corrected chi connectivity index (χ4v) is 2.97. The molecule has 1 fully saturated rings. The van der Waals surface area contributed by atoms with Crippen LogP contribution < -0.4 is 5.56 Å². The van der Waals surface area contributed by atoms with Crippen molar-refractivity contribution >= 4 is 5.91 Å². The highest BCUT2D eigenvalue weighted by atomic mass is 16.5. The van der Waals surface area contributed by atoms with Crippen LogP contribution in [0.5, 0.6) is 0 Å². The lowest BCUT2D eigenvalue weighted by Gasteiger charge is -2.31. The molecule has 0 saturated carbocycles.